The highest BCUT2D eigenvalue weighted by atomic mass is 16.6. The zero-order valence-electron chi connectivity index (χ0n) is 91.7. The number of carbonyl (C=O) groups is 2. The van der Waals surface area contributed by atoms with Crippen LogP contribution in [0.5, 0.6) is 0 Å². The molecule has 12 rings (SSSR count). The molecular formula is C109H226N12O6. The summed E-state index contributed by atoms with van der Waals surface area (Å²) in [6, 6.07) is 1.75. The number of rotatable bonds is 15. The summed E-state index contributed by atoms with van der Waals surface area (Å²) in [5.74, 6) is 2.12. The zero-order chi connectivity index (χ0) is 95.8. The van der Waals surface area contributed by atoms with Gasteiger partial charge in [0.2, 0.25) is 0 Å². The Balaban J connectivity index is 0.000000695. The van der Waals surface area contributed by atoms with Crippen LogP contribution < -0.4 is 0 Å². The fourth-order valence-corrected chi connectivity index (χ4v) is 18.4. The standard InChI is InChI=1S/C12H24N2O2.C10H21NO.C9H17NO.6C9H19N.C9H18O2.C8H17N.C7H15N/c1-6-16-12(15)14-10(4)7-13(9(2)3)8-11(14)5;1-10(2)12-9-8-11-6-4-3-5-7-11;1-9(2,3)10-6-4-5-8(11)7-10;3*1-9(2,3)10-7-5-4-6-8-10;1-9(2)5-8-10-6-3-4-7-10;1-9(2)8-10-6-4-3-5-7-10;1-9(2)10-7-5-3-4-6-8-10;1-8(2)11-7-9-5-3-4-6-10-9;1-8(2,3)9-6-4-5-7-9;1-7(2,3)8-5-4-6-8/h9-11H,6-8H2,1-5H3;10H,3-9H2,1-2H3;4-7H2,1-3H3;3*4-8H2,1-3H3;3*9H,3-8H2,1-2H3;8-9H,3-7H2,1-2H3;4-7H2,1-3H3;4-6H2,1-3H3. The van der Waals surface area contributed by atoms with E-state index in [2.05, 4.69) is 275 Å². The second-order valence-corrected chi connectivity index (χ2v) is 47.3. The number of piperazine rings is 1. The molecule has 12 aliphatic rings. The van der Waals surface area contributed by atoms with Crippen molar-refractivity contribution in [2.75, 3.05) is 190 Å². The van der Waals surface area contributed by atoms with Crippen molar-refractivity contribution >= 4 is 11.9 Å². The lowest BCUT2D eigenvalue weighted by Gasteiger charge is -2.45. The molecule has 0 aliphatic carbocycles. The molecule has 0 aromatic heterocycles. The molecule has 0 N–H and O–H groups in total. The quantitative estimate of drug-likeness (QED) is 0.155. The van der Waals surface area contributed by atoms with E-state index in [0.717, 1.165) is 76.7 Å². The van der Waals surface area contributed by atoms with Crippen molar-refractivity contribution in [2.45, 2.75) is 497 Å². The lowest BCUT2D eigenvalue weighted by atomic mass is 10.0. The monoisotopic (exact) mass is 1800 g/mol. The average Bonchev–Trinajstić information content (AvgIpc) is 1.69. The Kier molecular flexibility index (Phi) is 66.5. The van der Waals surface area contributed by atoms with Gasteiger partial charge < -0.3 is 43.4 Å². The van der Waals surface area contributed by atoms with E-state index >= 15 is 0 Å². The minimum absolute atomic E-state index is 0.163. The van der Waals surface area contributed by atoms with Gasteiger partial charge in [0.05, 0.1) is 44.7 Å². The minimum atomic E-state index is -0.175. The van der Waals surface area contributed by atoms with E-state index < -0.39 is 0 Å². The van der Waals surface area contributed by atoms with E-state index in [-0.39, 0.29) is 23.7 Å². The van der Waals surface area contributed by atoms with Gasteiger partial charge in [-0.25, -0.2) is 4.79 Å². The predicted octanol–water partition coefficient (Wildman–Crippen LogP) is 24.0. The van der Waals surface area contributed by atoms with Crippen LogP contribution in [0, 0.1) is 11.8 Å². The van der Waals surface area contributed by atoms with Gasteiger partial charge >= 0.3 is 6.09 Å². The molecule has 18 nitrogen and oxygen atoms in total. The van der Waals surface area contributed by atoms with Crippen molar-refractivity contribution < 1.29 is 28.5 Å². The number of Topliss-reactive ketones (excluding diaryl/α,β-unsaturated/α-hetero) is 1. The summed E-state index contributed by atoms with van der Waals surface area (Å²) in [5.41, 5.74) is 2.21. The van der Waals surface area contributed by atoms with Crippen LogP contribution in [0.2, 0.25) is 0 Å². The van der Waals surface area contributed by atoms with Gasteiger partial charge in [0.15, 0.2) is 0 Å². The van der Waals surface area contributed by atoms with Crippen molar-refractivity contribution in [3.05, 3.63) is 0 Å². The molecule has 12 heterocycles. The van der Waals surface area contributed by atoms with Crippen LogP contribution in [0.3, 0.4) is 0 Å². The van der Waals surface area contributed by atoms with Crippen LogP contribution in [-0.2, 0) is 23.7 Å². The number of ketones is 1. The topological polar surface area (TPSA) is 110 Å². The van der Waals surface area contributed by atoms with Crippen LogP contribution in [-0.4, -0.2) is 336 Å². The van der Waals surface area contributed by atoms with Crippen LogP contribution in [0.4, 0.5) is 4.79 Å². The lowest BCUT2D eigenvalue weighted by Crippen LogP contribution is -2.59. The average molecular weight is 1800 g/mol. The van der Waals surface area contributed by atoms with Gasteiger partial charge in [0, 0.05) is 96.6 Å². The van der Waals surface area contributed by atoms with E-state index in [9.17, 15) is 9.59 Å². The van der Waals surface area contributed by atoms with Crippen molar-refractivity contribution in [3.8, 4) is 0 Å². The van der Waals surface area contributed by atoms with Gasteiger partial charge in [-0.2, -0.15) is 0 Å². The number of ether oxygens (including phenoxy) is 4. The highest BCUT2D eigenvalue weighted by molar-refractivity contribution is 5.81. The Labute approximate surface area is 793 Å². The number of hydrogen-bond donors (Lipinski definition) is 0. The van der Waals surface area contributed by atoms with Crippen molar-refractivity contribution in [2.24, 2.45) is 11.8 Å². The molecule has 3 unspecified atom stereocenters. The third-order valence-corrected chi connectivity index (χ3v) is 27.0. The highest BCUT2D eigenvalue weighted by Gasteiger charge is 2.35. The zero-order valence-corrected chi connectivity index (χ0v) is 91.7. The summed E-state index contributed by atoms with van der Waals surface area (Å²) in [5, 5.41) is 0. The maximum atomic E-state index is 11.8. The second kappa shape index (κ2) is 68.4. The number of carbonyl (C=O) groups excluding carboxylic acids is 2. The third-order valence-electron chi connectivity index (χ3n) is 27.0. The first-order chi connectivity index (χ1) is 59.4. The first-order valence-electron chi connectivity index (χ1n) is 53.9. The molecule has 0 bridgehead atoms. The smallest absolute Gasteiger partial charge is 0.410 e. The number of hydrogen-bond acceptors (Lipinski definition) is 17. The van der Waals surface area contributed by atoms with Gasteiger partial charge in [-0.15, -0.1) is 0 Å². The van der Waals surface area contributed by atoms with Gasteiger partial charge in [-0.3, -0.25) is 39.1 Å². The maximum absolute atomic E-state index is 11.8. The molecule has 127 heavy (non-hydrogen) atoms. The van der Waals surface area contributed by atoms with Crippen LogP contribution in [0.1, 0.15) is 421 Å². The summed E-state index contributed by atoms with van der Waals surface area (Å²) in [6.07, 6.45) is 41.8. The van der Waals surface area contributed by atoms with E-state index in [4.69, 9.17) is 18.9 Å². The molecule has 12 fully saturated rings. The molecule has 1 amide bonds. The molecule has 3 atom stereocenters. The Bertz CT molecular complexity index is 2470. The fourth-order valence-electron chi connectivity index (χ4n) is 18.4. The normalized spacial score (nSPS) is 23.2. The number of likely N-dealkylation sites (tertiary alicyclic amines) is 10. The number of amides is 1. The van der Waals surface area contributed by atoms with Gasteiger partial charge in [-0.05, 0) is 485 Å². The highest BCUT2D eigenvalue weighted by Crippen LogP contribution is 2.27. The number of piperidine rings is 6. The molecule has 12 saturated heterocycles. The summed E-state index contributed by atoms with van der Waals surface area (Å²) in [7, 11) is 0. The van der Waals surface area contributed by atoms with Crippen molar-refractivity contribution in [1.82, 2.24) is 58.8 Å². The van der Waals surface area contributed by atoms with Gasteiger partial charge in [0.25, 0.3) is 0 Å². The Morgan fingerprint density at radius 3 is 0.976 bits per heavy atom. The van der Waals surface area contributed by atoms with E-state index in [1.807, 2.05) is 11.8 Å². The summed E-state index contributed by atoms with van der Waals surface area (Å²) in [6.45, 7) is 108. The van der Waals surface area contributed by atoms with E-state index in [1.165, 1.54) is 311 Å². The summed E-state index contributed by atoms with van der Waals surface area (Å²) >= 11 is 0. The molecular weight excluding hydrogens is 1570 g/mol. The molecule has 758 valence electrons. The summed E-state index contributed by atoms with van der Waals surface area (Å²) in [4.78, 5) is 52.4. The second-order valence-electron chi connectivity index (χ2n) is 47.3. The third kappa shape index (κ3) is 62.7. The van der Waals surface area contributed by atoms with E-state index in [0.29, 0.717) is 71.0 Å². The van der Waals surface area contributed by atoms with E-state index in [1.54, 1.807) is 0 Å². The van der Waals surface area contributed by atoms with Gasteiger partial charge in [-0.1, -0.05) is 72.6 Å². The molecule has 18 heteroatoms. The first kappa shape index (κ1) is 123. The molecule has 12 aliphatic heterocycles. The minimum Gasteiger partial charge on any atom is -0.450 e. The Hall–Kier alpha value is -1.62. The maximum Gasteiger partial charge on any atom is 0.410 e. The molecule has 0 saturated carbocycles. The molecule has 0 aromatic carbocycles. The van der Waals surface area contributed by atoms with Crippen LogP contribution in [0.25, 0.3) is 0 Å². The summed E-state index contributed by atoms with van der Waals surface area (Å²) < 4.78 is 21.5. The molecule has 0 spiro atoms. The number of nitrogens with zero attached hydrogens (tertiary/aromatic N) is 12. The SMILES string of the molecule is CC(C)(C)N1CCC1.CC(C)(C)N1CCCC(=O)C1.CC(C)(C)N1CCCC1.CC(C)(C)N1CCCCC1.CC(C)(C)N1CCCCC1.CC(C)(C)N1CCCCC1.CC(C)CCN1CCCC1.CC(C)CN1CCCCC1.CC(C)N1CCCCCC1.CC(C)OCC1CCCCO1.CC(C)OCCN1CCCCC1.CCOC(=O)N1C(C)CN(C(C)C)CC1C. The Morgan fingerprint density at radius 1 is 0.362 bits per heavy atom. The van der Waals surface area contributed by atoms with Gasteiger partial charge in [0.1, 0.15) is 5.78 Å². The molecule has 0 radical (unpaired) electrons. The lowest BCUT2D eigenvalue weighted by molar-refractivity contribution is -0.123. The van der Waals surface area contributed by atoms with Crippen LogP contribution in [0.15, 0.2) is 0 Å². The van der Waals surface area contributed by atoms with Crippen molar-refractivity contribution in [3.63, 3.8) is 0 Å². The Morgan fingerprint density at radius 2 is 0.685 bits per heavy atom. The largest absolute Gasteiger partial charge is 0.450 e. The fraction of sp³-hybridized carbons (Fsp3) is 0.982. The first-order valence-corrected chi connectivity index (χ1v) is 53.9. The predicted molar refractivity (Wildman–Crippen MR) is 554 cm³/mol. The van der Waals surface area contributed by atoms with Crippen molar-refractivity contribution in [1.29, 1.82) is 0 Å². The molecule has 0 aromatic rings. The van der Waals surface area contributed by atoms with Crippen LogP contribution >= 0.6 is 0 Å².